The maximum absolute atomic E-state index is 12.7. The van der Waals surface area contributed by atoms with Gasteiger partial charge >= 0.3 is 16.4 Å². The lowest BCUT2D eigenvalue weighted by molar-refractivity contribution is 0.0435. The lowest BCUT2D eigenvalue weighted by Crippen LogP contribution is -2.60. The van der Waals surface area contributed by atoms with E-state index in [-0.39, 0.29) is 30.7 Å². The zero-order valence-electron chi connectivity index (χ0n) is 16.3. The molecule has 2 aliphatic rings. The molecule has 1 aromatic carbocycles. The largest absolute Gasteiger partial charge is 0.444 e. The minimum atomic E-state index is -4.02. The Kier molecular flexibility index (Phi) is 5.65. The summed E-state index contributed by atoms with van der Waals surface area (Å²) < 4.78 is 36.0. The van der Waals surface area contributed by atoms with E-state index in [2.05, 4.69) is 10.0 Å². The summed E-state index contributed by atoms with van der Waals surface area (Å²) in [5, 5.41) is 2.54. The van der Waals surface area contributed by atoms with Crippen molar-refractivity contribution < 1.29 is 31.7 Å². The minimum Gasteiger partial charge on any atom is -0.444 e. The highest BCUT2D eigenvalue weighted by Crippen LogP contribution is 2.28. The second-order valence-electron chi connectivity index (χ2n) is 7.77. The first-order valence-corrected chi connectivity index (χ1v) is 10.5. The van der Waals surface area contributed by atoms with Gasteiger partial charge in [0.15, 0.2) is 0 Å². The van der Waals surface area contributed by atoms with Gasteiger partial charge in [0.25, 0.3) is 11.8 Å². The molecular weight excluding hydrogens is 402 g/mol. The third-order valence-corrected chi connectivity index (χ3v) is 5.47. The van der Waals surface area contributed by atoms with Crippen LogP contribution in [0.4, 0.5) is 4.79 Å². The number of hydrogen-bond donors (Lipinski definition) is 2. The molecular formula is C18H23N3O7S. The van der Waals surface area contributed by atoms with Gasteiger partial charge in [-0.15, -0.1) is 0 Å². The van der Waals surface area contributed by atoms with Gasteiger partial charge in [0, 0.05) is 12.6 Å². The number of carbonyl (C=O) groups excluding carboxylic acids is 3. The van der Waals surface area contributed by atoms with Crippen LogP contribution in [0.25, 0.3) is 0 Å². The van der Waals surface area contributed by atoms with E-state index >= 15 is 0 Å². The van der Waals surface area contributed by atoms with Crippen molar-refractivity contribution >= 4 is 28.2 Å². The average Bonchev–Trinajstić information content (AvgIpc) is 2.85. The van der Waals surface area contributed by atoms with Gasteiger partial charge in [-0.25, -0.2) is 4.79 Å². The topological polar surface area (TPSA) is 131 Å². The van der Waals surface area contributed by atoms with Crippen LogP contribution in [0.5, 0.6) is 0 Å². The number of benzene rings is 1. The molecule has 2 atom stereocenters. The van der Waals surface area contributed by atoms with Gasteiger partial charge < -0.3 is 10.1 Å². The SMILES string of the molecule is CC(C)(C)OC(=O)NCC[C@@H]1NS(=O)(=O)OC[C@H]1N1C(=O)c2ccccc2C1=O. The Morgan fingerprint density at radius 2 is 1.83 bits per heavy atom. The van der Waals surface area contributed by atoms with Crippen molar-refractivity contribution in [3.05, 3.63) is 35.4 Å². The quantitative estimate of drug-likeness (QED) is 0.682. The molecule has 0 spiro atoms. The number of ether oxygens (including phenoxy) is 1. The van der Waals surface area contributed by atoms with E-state index in [1.165, 1.54) is 0 Å². The molecule has 3 amide bonds. The Morgan fingerprint density at radius 1 is 1.24 bits per heavy atom. The molecule has 0 unspecified atom stereocenters. The summed E-state index contributed by atoms with van der Waals surface area (Å²) in [6.07, 6.45) is -0.524. The molecule has 0 saturated carbocycles. The maximum Gasteiger partial charge on any atom is 0.407 e. The van der Waals surface area contributed by atoms with E-state index in [1.54, 1.807) is 45.0 Å². The van der Waals surface area contributed by atoms with Crippen LogP contribution in [0.3, 0.4) is 0 Å². The van der Waals surface area contributed by atoms with Crippen LogP contribution >= 0.6 is 0 Å². The van der Waals surface area contributed by atoms with Gasteiger partial charge in [-0.2, -0.15) is 13.1 Å². The average molecular weight is 425 g/mol. The molecule has 158 valence electrons. The van der Waals surface area contributed by atoms with E-state index in [4.69, 9.17) is 8.92 Å². The predicted molar refractivity (Wildman–Crippen MR) is 101 cm³/mol. The first kappa shape index (κ1) is 21.2. The molecule has 1 fully saturated rings. The summed E-state index contributed by atoms with van der Waals surface area (Å²) in [6.45, 7) is 4.87. The van der Waals surface area contributed by atoms with Crippen LogP contribution in [0.15, 0.2) is 24.3 Å². The van der Waals surface area contributed by atoms with Crippen molar-refractivity contribution in [1.29, 1.82) is 0 Å². The van der Waals surface area contributed by atoms with Crippen LogP contribution in [0, 0.1) is 0 Å². The monoisotopic (exact) mass is 425 g/mol. The van der Waals surface area contributed by atoms with Gasteiger partial charge in [0.2, 0.25) is 0 Å². The van der Waals surface area contributed by atoms with Crippen molar-refractivity contribution in [3.8, 4) is 0 Å². The van der Waals surface area contributed by atoms with Gasteiger partial charge in [-0.1, -0.05) is 12.1 Å². The first-order valence-electron chi connectivity index (χ1n) is 9.09. The summed E-state index contributed by atoms with van der Waals surface area (Å²) in [5.74, 6) is -1.02. The zero-order chi connectivity index (χ0) is 21.4. The van der Waals surface area contributed by atoms with E-state index in [0.717, 1.165) is 4.90 Å². The Bertz CT molecular complexity index is 904. The fraction of sp³-hybridized carbons (Fsp3) is 0.500. The van der Waals surface area contributed by atoms with Crippen molar-refractivity contribution in [3.63, 3.8) is 0 Å². The van der Waals surface area contributed by atoms with Crippen LogP contribution in [0.2, 0.25) is 0 Å². The third kappa shape index (κ3) is 4.74. The van der Waals surface area contributed by atoms with Gasteiger partial charge in [0.05, 0.1) is 23.8 Å². The van der Waals surface area contributed by atoms with Crippen molar-refractivity contribution in [2.24, 2.45) is 0 Å². The highest BCUT2D eigenvalue weighted by atomic mass is 32.2. The minimum absolute atomic E-state index is 0.0712. The van der Waals surface area contributed by atoms with E-state index < -0.39 is 45.9 Å². The Morgan fingerprint density at radius 3 is 2.38 bits per heavy atom. The van der Waals surface area contributed by atoms with Crippen LogP contribution in [-0.2, 0) is 19.2 Å². The third-order valence-electron chi connectivity index (χ3n) is 4.43. The Balaban J connectivity index is 1.73. The lowest BCUT2D eigenvalue weighted by atomic mass is 10.0. The lowest BCUT2D eigenvalue weighted by Gasteiger charge is -2.36. The van der Waals surface area contributed by atoms with Crippen LogP contribution < -0.4 is 10.0 Å². The molecule has 29 heavy (non-hydrogen) atoms. The highest BCUT2D eigenvalue weighted by Gasteiger charge is 2.46. The van der Waals surface area contributed by atoms with Crippen molar-refractivity contribution in [2.75, 3.05) is 13.2 Å². The fourth-order valence-electron chi connectivity index (χ4n) is 3.23. The van der Waals surface area contributed by atoms with Crippen LogP contribution in [0.1, 0.15) is 47.9 Å². The van der Waals surface area contributed by atoms with E-state index in [0.29, 0.717) is 0 Å². The first-order chi connectivity index (χ1) is 13.5. The summed E-state index contributed by atoms with van der Waals surface area (Å²) in [5.41, 5.74) is -0.152. The number of fused-ring (bicyclic) bond motifs is 1. The molecule has 11 heteroatoms. The summed E-state index contributed by atoms with van der Waals surface area (Å²) in [6, 6.07) is 4.70. The van der Waals surface area contributed by atoms with Gasteiger partial charge in [-0.3, -0.25) is 18.7 Å². The van der Waals surface area contributed by atoms with Crippen molar-refractivity contribution in [2.45, 2.75) is 44.9 Å². The fourth-order valence-corrected chi connectivity index (χ4v) is 4.26. The van der Waals surface area contributed by atoms with Crippen molar-refractivity contribution in [1.82, 2.24) is 14.9 Å². The maximum atomic E-state index is 12.7. The molecule has 1 aromatic rings. The molecule has 0 aliphatic carbocycles. The number of imide groups is 1. The van der Waals surface area contributed by atoms with Gasteiger partial charge in [-0.05, 0) is 39.3 Å². The molecule has 3 rings (SSSR count). The molecule has 0 bridgehead atoms. The summed E-state index contributed by atoms with van der Waals surface area (Å²) in [7, 11) is -4.02. The molecule has 0 aromatic heterocycles. The number of hydrogen-bond acceptors (Lipinski definition) is 7. The molecule has 10 nitrogen and oxygen atoms in total. The predicted octanol–water partition coefficient (Wildman–Crippen LogP) is 0.799. The normalized spacial score (nSPS) is 23.6. The molecule has 1 saturated heterocycles. The molecule has 0 radical (unpaired) electrons. The number of carbonyl (C=O) groups is 3. The molecule has 2 N–H and O–H groups in total. The number of nitrogens with zero attached hydrogens (tertiary/aromatic N) is 1. The standard InChI is InChI=1S/C18H23N3O7S/c1-18(2,3)28-17(24)19-9-8-13-14(10-27-29(25,26)20-13)21-15(22)11-6-4-5-7-12(11)16(21)23/h4-7,13-14,20H,8-10H2,1-3H3,(H,19,24)/t13-,14+/m0/s1. The number of rotatable bonds is 4. The Hall–Kier alpha value is -2.50. The Labute approximate surface area is 168 Å². The smallest absolute Gasteiger partial charge is 0.407 e. The number of nitrogens with one attached hydrogen (secondary N) is 2. The summed E-state index contributed by atoms with van der Waals surface area (Å²) >= 11 is 0. The van der Waals surface area contributed by atoms with Crippen LogP contribution in [-0.4, -0.2) is 62.1 Å². The highest BCUT2D eigenvalue weighted by molar-refractivity contribution is 7.84. The zero-order valence-corrected chi connectivity index (χ0v) is 17.1. The number of amides is 3. The van der Waals surface area contributed by atoms with Gasteiger partial charge in [0.1, 0.15) is 5.60 Å². The summed E-state index contributed by atoms with van der Waals surface area (Å²) in [4.78, 5) is 38.3. The second kappa shape index (κ2) is 7.73. The number of alkyl carbamates (subject to hydrolysis) is 1. The van der Waals surface area contributed by atoms with E-state index in [9.17, 15) is 22.8 Å². The second-order valence-corrected chi connectivity index (χ2v) is 9.15. The van der Waals surface area contributed by atoms with E-state index in [1.807, 2.05) is 0 Å². The molecule has 2 aliphatic heterocycles. The molecule has 2 heterocycles.